The maximum Gasteiger partial charge on any atom is 0.0988 e. The Hall–Kier alpha value is -1.29. The van der Waals surface area contributed by atoms with Gasteiger partial charge in [0.05, 0.1) is 6.07 Å². The van der Waals surface area contributed by atoms with E-state index in [-0.39, 0.29) is 0 Å². The molecule has 0 aromatic carbocycles. The van der Waals surface area contributed by atoms with E-state index < -0.39 is 0 Å². The van der Waals surface area contributed by atoms with Crippen LogP contribution in [0.25, 0.3) is 0 Å². The van der Waals surface area contributed by atoms with Crippen LogP contribution in [0.5, 0.6) is 0 Å². The van der Waals surface area contributed by atoms with Crippen molar-refractivity contribution in [2.24, 2.45) is 0 Å². The maximum atomic E-state index is 8.43. The van der Waals surface area contributed by atoms with Crippen molar-refractivity contribution in [1.82, 2.24) is 0 Å². The molecule has 0 unspecified atom stereocenters. The van der Waals surface area contributed by atoms with E-state index in [4.69, 9.17) is 5.26 Å². The van der Waals surface area contributed by atoms with Crippen LogP contribution in [0.3, 0.4) is 0 Å². The molecule has 0 aliphatic carbocycles. The highest BCUT2D eigenvalue weighted by atomic mass is 14.2. The number of nitrogens with zero attached hydrogens (tertiary/aromatic N) is 1. The van der Waals surface area contributed by atoms with Crippen molar-refractivity contribution in [2.75, 3.05) is 0 Å². The van der Waals surface area contributed by atoms with E-state index in [1.54, 1.807) is 12.2 Å². The third kappa shape index (κ3) is 3.68. The first-order chi connectivity index (χ1) is 4.85. The molecule has 0 saturated carbocycles. The van der Waals surface area contributed by atoms with Crippen molar-refractivity contribution in [3.63, 3.8) is 0 Å². The van der Waals surface area contributed by atoms with Gasteiger partial charge in [0.15, 0.2) is 0 Å². The summed E-state index contributed by atoms with van der Waals surface area (Å²) in [6, 6.07) is 2.05. The molecule has 0 aromatic heterocycles. The van der Waals surface area contributed by atoms with Crippen molar-refractivity contribution >= 4 is 0 Å². The summed E-state index contributed by atoms with van der Waals surface area (Å²) < 4.78 is 0. The van der Waals surface area contributed by atoms with Gasteiger partial charge in [0.1, 0.15) is 0 Å². The summed E-state index contributed by atoms with van der Waals surface area (Å²) >= 11 is 0. The highest BCUT2D eigenvalue weighted by molar-refractivity contribution is 5.33. The Morgan fingerprint density at radius 1 is 1.30 bits per heavy atom. The van der Waals surface area contributed by atoms with Gasteiger partial charge in [-0.05, 0) is 19.9 Å². The summed E-state index contributed by atoms with van der Waals surface area (Å²) in [5.41, 5.74) is 0.693. The summed E-state index contributed by atoms with van der Waals surface area (Å²) in [6.45, 7) is 3.78. The smallest absolute Gasteiger partial charge is 0.0988 e. The molecule has 0 bridgehead atoms. The maximum absolute atomic E-state index is 8.43. The van der Waals surface area contributed by atoms with Gasteiger partial charge in [0.25, 0.3) is 0 Å². The molecule has 0 rings (SSSR count). The molecule has 0 fully saturated rings. The van der Waals surface area contributed by atoms with Crippen molar-refractivity contribution in [3.8, 4) is 6.07 Å². The van der Waals surface area contributed by atoms with Gasteiger partial charge >= 0.3 is 0 Å². The second-order valence-corrected chi connectivity index (χ2v) is 1.74. The van der Waals surface area contributed by atoms with Gasteiger partial charge in [0, 0.05) is 5.57 Å². The summed E-state index contributed by atoms with van der Waals surface area (Å²) in [5.74, 6) is 0. The molecule has 0 saturated heterocycles. The fourth-order valence-corrected chi connectivity index (χ4v) is 0.468. The average Bonchev–Trinajstić information content (AvgIpc) is 1.99. The standard InChI is InChI=1S/C9H11N/c1-3-5-6-7-9(4-2)8-10/h3-7H,1-2H3/b5-3-,7-6-,9-4+. The molecule has 0 amide bonds. The lowest BCUT2D eigenvalue weighted by molar-refractivity contribution is 1.48. The van der Waals surface area contributed by atoms with Gasteiger partial charge < -0.3 is 0 Å². The molecular weight excluding hydrogens is 122 g/mol. The zero-order chi connectivity index (χ0) is 7.82. The van der Waals surface area contributed by atoms with Gasteiger partial charge in [-0.2, -0.15) is 5.26 Å². The Balaban J connectivity index is 4.02. The first kappa shape index (κ1) is 8.71. The molecule has 0 aliphatic rings. The van der Waals surface area contributed by atoms with Crippen LogP contribution in [0.4, 0.5) is 0 Å². The molecule has 0 aliphatic heterocycles. The fraction of sp³-hybridized carbons (Fsp3) is 0.222. The number of nitriles is 1. The highest BCUT2D eigenvalue weighted by Crippen LogP contribution is 1.93. The zero-order valence-electron chi connectivity index (χ0n) is 6.33. The minimum atomic E-state index is 0.693. The van der Waals surface area contributed by atoms with Crippen LogP contribution in [0.2, 0.25) is 0 Å². The molecule has 0 N–H and O–H groups in total. The second kappa shape index (κ2) is 5.84. The largest absolute Gasteiger partial charge is 0.192 e. The van der Waals surface area contributed by atoms with E-state index in [9.17, 15) is 0 Å². The van der Waals surface area contributed by atoms with Crippen molar-refractivity contribution < 1.29 is 0 Å². The number of rotatable bonds is 2. The topological polar surface area (TPSA) is 23.8 Å². The number of hydrogen-bond donors (Lipinski definition) is 0. The van der Waals surface area contributed by atoms with Gasteiger partial charge in [-0.25, -0.2) is 0 Å². The third-order valence-corrected chi connectivity index (χ3v) is 1.02. The molecule has 1 nitrogen and oxygen atoms in total. The zero-order valence-corrected chi connectivity index (χ0v) is 6.33. The van der Waals surface area contributed by atoms with Crippen LogP contribution in [-0.2, 0) is 0 Å². The lowest BCUT2D eigenvalue weighted by Crippen LogP contribution is -1.66. The third-order valence-electron chi connectivity index (χ3n) is 1.02. The normalized spacial score (nSPS) is 12.7. The number of allylic oxidation sites excluding steroid dienone is 6. The van der Waals surface area contributed by atoms with E-state index in [1.165, 1.54) is 0 Å². The fourth-order valence-electron chi connectivity index (χ4n) is 0.468. The first-order valence-electron chi connectivity index (χ1n) is 3.21. The lowest BCUT2D eigenvalue weighted by atomic mass is 10.2. The van der Waals surface area contributed by atoms with E-state index in [0.717, 1.165) is 0 Å². The monoisotopic (exact) mass is 133 g/mol. The van der Waals surface area contributed by atoms with Crippen LogP contribution in [0.15, 0.2) is 36.0 Å². The Morgan fingerprint density at radius 3 is 2.40 bits per heavy atom. The lowest BCUT2D eigenvalue weighted by Gasteiger charge is -1.79. The molecule has 0 heterocycles. The van der Waals surface area contributed by atoms with Gasteiger partial charge in [-0.1, -0.05) is 24.3 Å². The van der Waals surface area contributed by atoms with Crippen LogP contribution in [0.1, 0.15) is 13.8 Å². The Kier molecular flexibility index (Phi) is 5.09. The van der Waals surface area contributed by atoms with Gasteiger partial charge in [0.2, 0.25) is 0 Å². The van der Waals surface area contributed by atoms with Crippen LogP contribution in [0, 0.1) is 11.3 Å². The van der Waals surface area contributed by atoms with Gasteiger partial charge in [-0.3, -0.25) is 0 Å². The van der Waals surface area contributed by atoms with Crippen molar-refractivity contribution in [2.45, 2.75) is 13.8 Å². The quantitative estimate of drug-likeness (QED) is 0.419. The minimum Gasteiger partial charge on any atom is -0.192 e. The highest BCUT2D eigenvalue weighted by Gasteiger charge is 1.80. The first-order valence-corrected chi connectivity index (χ1v) is 3.21. The average molecular weight is 133 g/mol. The predicted octanol–water partition coefficient (Wildman–Crippen LogP) is 2.59. The molecule has 0 atom stereocenters. The van der Waals surface area contributed by atoms with E-state index >= 15 is 0 Å². The SMILES string of the molecule is C\C=C/C=C\C(C#N)=C/C. The van der Waals surface area contributed by atoms with Crippen molar-refractivity contribution in [1.29, 1.82) is 5.26 Å². The molecule has 52 valence electrons. The Morgan fingerprint density at radius 2 is 2.00 bits per heavy atom. The minimum absolute atomic E-state index is 0.693. The van der Waals surface area contributed by atoms with E-state index in [0.29, 0.717) is 5.57 Å². The number of hydrogen-bond acceptors (Lipinski definition) is 1. The van der Waals surface area contributed by atoms with Gasteiger partial charge in [-0.15, -0.1) is 0 Å². The van der Waals surface area contributed by atoms with Crippen molar-refractivity contribution in [3.05, 3.63) is 36.0 Å². The molecule has 10 heavy (non-hydrogen) atoms. The molecule has 0 spiro atoms. The molecule has 1 heteroatoms. The molecule has 0 aromatic rings. The van der Waals surface area contributed by atoms with E-state index in [2.05, 4.69) is 6.07 Å². The van der Waals surface area contributed by atoms with E-state index in [1.807, 2.05) is 32.1 Å². The summed E-state index contributed by atoms with van der Waals surface area (Å²) in [6.07, 6.45) is 9.21. The summed E-state index contributed by atoms with van der Waals surface area (Å²) in [5, 5.41) is 8.43. The summed E-state index contributed by atoms with van der Waals surface area (Å²) in [4.78, 5) is 0. The Labute approximate surface area is 62.0 Å². The van der Waals surface area contributed by atoms with Crippen LogP contribution in [-0.4, -0.2) is 0 Å². The second-order valence-electron chi connectivity index (χ2n) is 1.74. The molecule has 0 radical (unpaired) electrons. The van der Waals surface area contributed by atoms with Crippen LogP contribution < -0.4 is 0 Å². The summed E-state index contributed by atoms with van der Waals surface area (Å²) in [7, 11) is 0. The predicted molar refractivity (Wildman–Crippen MR) is 43.3 cm³/mol. The van der Waals surface area contributed by atoms with Crippen LogP contribution >= 0.6 is 0 Å². The molecular formula is C9H11N. The Bertz CT molecular complexity index is 201.